The number of hydrogen-bond acceptors (Lipinski definition) is 4. The highest BCUT2D eigenvalue weighted by Gasteiger charge is 2.36. The first-order chi connectivity index (χ1) is 9.65. The number of rotatable bonds is 2. The van der Waals surface area contributed by atoms with Crippen LogP contribution in [0.5, 0.6) is 0 Å². The first kappa shape index (κ1) is 13.3. The zero-order valence-electron chi connectivity index (χ0n) is 10.8. The highest BCUT2D eigenvalue weighted by atomic mass is 32.2. The number of urea groups is 1. The highest BCUT2D eigenvalue weighted by Crippen LogP contribution is 2.22. The molecule has 2 unspecified atom stereocenters. The molecular formula is C12H16N4O3S. The number of hydrogen-bond donors (Lipinski definition) is 3. The number of fused-ring (bicyclic) bond motifs is 1. The monoisotopic (exact) mass is 296 g/mol. The fourth-order valence-corrected chi connectivity index (χ4v) is 3.73. The lowest BCUT2D eigenvalue weighted by Crippen LogP contribution is -2.54. The SMILES string of the molecule is O=C(O)C1Cc2nc[nH]c2CN1C(=O)NC1CCSC1. The Morgan fingerprint density at radius 2 is 2.40 bits per heavy atom. The largest absolute Gasteiger partial charge is 0.480 e. The topological polar surface area (TPSA) is 98.3 Å². The summed E-state index contributed by atoms with van der Waals surface area (Å²) in [5.74, 6) is 0.944. The Hall–Kier alpha value is -1.70. The Bertz CT molecular complexity index is 527. The molecule has 3 N–H and O–H groups in total. The molecule has 0 aromatic carbocycles. The van der Waals surface area contributed by atoms with E-state index in [1.54, 1.807) is 18.1 Å². The molecule has 1 aromatic heterocycles. The maximum Gasteiger partial charge on any atom is 0.326 e. The summed E-state index contributed by atoms with van der Waals surface area (Å²) in [7, 11) is 0. The van der Waals surface area contributed by atoms with Crippen LogP contribution < -0.4 is 5.32 Å². The Morgan fingerprint density at radius 3 is 3.10 bits per heavy atom. The van der Waals surface area contributed by atoms with Gasteiger partial charge in [-0.2, -0.15) is 11.8 Å². The zero-order valence-corrected chi connectivity index (χ0v) is 11.7. The van der Waals surface area contributed by atoms with Crippen LogP contribution in [0.4, 0.5) is 4.79 Å². The third-order valence-corrected chi connectivity index (χ3v) is 4.86. The van der Waals surface area contributed by atoms with Crippen molar-refractivity contribution in [1.29, 1.82) is 0 Å². The zero-order chi connectivity index (χ0) is 14.1. The molecule has 0 saturated carbocycles. The Morgan fingerprint density at radius 1 is 1.55 bits per heavy atom. The molecule has 3 heterocycles. The molecule has 108 valence electrons. The van der Waals surface area contributed by atoms with Crippen LogP contribution in [0.1, 0.15) is 17.8 Å². The van der Waals surface area contributed by atoms with E-state index in [1.807, 2.05) is 0 Å². The van der Waals surface area contributed by atoms with Gasteiger partial charge in [0.25, 0.3) is 0 Å². The molecule has 1 aromatic rings. The Labute approximate surface area is 120 Å². The molecule has 2 aliphatic heterocycles. The molecule has 1 fully saturated rings. The number of amides is 2. The number of nitrogens with zero attached hydrogens (tertiary/aromatic N) is 2. The summed E-state index contributed by atoms with van der Waals surface area (Å²) in [6.07, 6.45) is 2.73. The molecule has 2 atom stereocenters. The molecule has 7 nitrogen and oxygen atoms in total. The average Bonchev–Trinajstić information content (AvgIpc) is 3.06. The predicted molar refractivity (Wildman–Crippen MR) is 73.5 cm³/mol. The van der Waals surface area contributed by atoms with Crippen molar-refractivity contribution in [2.24, 2.45) is 0 Å². The van der Waals surface area contributed by atoms with E-state index in [9.17, 15) is 14.7 Å². The summed E-state index contributed by atoms with van der Waals surface area (Å²) < 4.78 is 0. The number of aromatic nitrogens is 2. The van der Waals surface area contributed by atoms with E-state index in [0.717, 1.165) is 29.3 Å². The highest BCUT2D eigenvalue weighted by molar-refractivity contribution is 7.99. The Balaban J connectivity index is 1.75. The molecular weight excluding hydrogens is 280 g/mol. The number of aromatic amines is 1. The van der Waals surface area contributed by atoms with E-state index in [-0.39, 0.29) is 25.0 Å². The van der Waals surface area contributed by atoms with Crippen LogP contribution in [0.15, 0.2) is 6.33 Å². The van der Waals surface area contributed by atoms with Crippen LogP contribution in [0, 0.1) is 0 Å². The van der Waals surface area contributed by atoms with E-state index in [4.69, 9.17) is 0 Å². The van der Waals surface area contributed by atoms with Gasteiger partial charge >= 0.3 is 12.0 Å². The van der Waals surface area contributed by atoms with Crippen molar-refractivity contribution in [1.82, 2.24) is 20.2 Å². The van der Waals surface area contributed by atoms with Crippen LogP contribution in [-0.2, 0) is 17.8 Å². The lowest BCUT2D eigenvalue weighted by molar-refractivity contribution is -0.142. The minimum absolute atomic E-state index is 0.144. The first-order valence-electron chi connectivity index (χ1n) is 6.54. The van der Waals surface area contributed by atoms with Gasteiger partial charge in [-0.05, 0) is 12.2 Å². The van der Waals surface area contributed by atoms with E-state index in [1.165, 1.54) is 4.90 Å². The van der Waals surface area contributed by atoms with Gasteiger partial charge < -0.3 is 20.3 Å². The van der Waals surface area contributed by atoms with Crippen molar-refractivity contribution >= 4 is 23.8 Å². The molecule has 0 aliphatic carbocycles. The second-order valence-corrected chi connectivity index (χ2v) is 6.17. The van der Waals surface area contributed by atoms with Gasteiger partial charge in [0.1, 0.15) is 6.04 Å². The molecule has 0 bridgehead atoms. The number of carboxylic acid groups (broad SMARTS) is 1. The normalized spacial score (nSPS) is 25.3. The number of thioether (sulfide) groups is 1. The molecule has 1 saturated heterocycles. The van der Waals surface area contributed by atoms with E-state index < -0.39 is 12.0 Å². The van der Waals surface area contributed by atoms with Gasteiger partial charge in [0.15, 0.2) is 0 Å². The van der Waals surface area contributed by atoms with Gasteiger partial charge in [-0.15, -0.1) is 0 Å². The van der Waals surface area contributed by atoms with Crippen molar-refractivity contribution in [2.75, 3.05) is 11.5 Å². The van der Waals surface area contributed by atoms with Gasteiger partial charge in [0.2, 0.25) is 0 Å². The molecule has 3 rings (SSSR count). The standard InChI is InChI=1S/C12H16N4O3S/c17-11(18)10-3-8-9(14-6-13-8)4-16(10)12(19)15-7-1-2-20-5-7/h6-7,10H,1-5H2,(H,13,14)(H,15,19)(H,17,18). The third-order valence-electron chi connectivity index (χ3n) is 3.70. The summed E-state index contributed by atoms with van der Waals surface area (Å²) in [4.78, 5) is 32.1. The van der Waals surface area contributed by atoms with Crippen molar-refractivity contribution in [3.63, 3.8) is 0 Å². The predicted octanol–water partition coefficient (Wildman–Crippen LogP) is 0.436. The molecule has 0 spiro atoms. The van der Waals surface area contributed by atoms with E-state index in [0.29, 0.717) is 0 Å². The number of H-pyrrole nitrogens is 1. The summed E-state index contributed by atoms with van der Waals surface area (Å²) in [5, 5.41) is 12.2. The number of carbonyl (C=O) groups excluding carboxylic acids is 1. The van der Waals surface area contributed by atoms with Crippen LogP contribution in [-0.4, -0.2) is 55.6 Å². The lowest BCUT2D eigenvalue weighted by atomic mass is 10.0. The van der Waals surface area contributed by atoms with Crippen LogP contribution in [0.3, 0.4) is 0 Å². The number of imidazole rings is 1. The van der Waals surface area contributed by atoms with Crippen LogP contribution in [0.2, 0.25) is 0 Å². The third kappa shape index (κ3) is 2.47. The molecule has 20 heavy (non-hydrogen) atoms. The Kier molecular flexibility index (Phi) is 3.56. The van der Waals surface area contributed by atoms with Gasteiger partial charge in [-0.25, -0.2) is 14.6 Å². The summed E-state index contributed by atoms with van der Waals surface area (Å²) >= 11 is 1.80. The minimum Gasteiger partial charge on any atom is -0.480 e. The molecule has 2 aliphatic rings. The van der Waals surface area contributed by atoms with Crippen molar-refractivity contribution in [3.8, 4) is 0 Å². The number of carboxylic acids is 1. The number of aliphatic carboxylic acids is 1. The quantitative estimate of drug-likeness (QED) is 0.735. The first-order valence-corrected chi connectivity index (χ1v) is 7.69. The second-order valence-electron chi connectivity index (χ2n) is 5.02. The number of carbonyl (C=O) groups is 2. The average molecular weight is 296 g/mol. The summed E-state index contributed by atoms with van der Waals surface area (Å²) in [5.41, 5.74) is 1.55. The fraction of sp³-hybridized carbons (Fsp3) is 0.583. The van der Waals surface area contributed by atoms with Crippen molar-refractivity contribution in [2.45, 2.75) is 31.5 Å². The van der Waals surface area contributed by atoms with E-state index >= 15 is 0 Å². The summed E-state index contributed by atoms with van der Waals surface area (Å²) in [6.45, 7) is 0.262. The second kappa shape index (κ2) is 5.35. The lowest BCUT2D eigenvalue weighted by Gasteiger charge is -2.33. The van der Waals surface area contributed by atoms with Gasteiger partial charge in [-0.1, -0.05) is 0 Å². The minimum atomic E-state index is -0.991. The smallest absolute Gasteiger partial charge is 0.326 e. The molecule has 8 heteroatoms. The van der Waals surface area contributed by atoms with Crippen LogP contribution in [0.25, 0.3) is 0 Å². The molecule has 0 radical (unpaired) electrons. The summed E-state index contributed by atoms with van der Waals surface area (Å²) in [6, 6.07) is -1.00. The van der Waals surface area contributed by atoms with Crippen LogP contribution >= 0.6 is 11.8 Å². The number of nitrogens with one attached hydrogen (secondary N) is 2. The van der Waals surface area contributed by atoms with Gasteiger partial charge in [-0.3, -0.25) is 0 Å². The fourth-order valence-electron chi connectivity index (χ4n) is 2.58. The maximum atomic E-state index is 12.3. The maximum absolute atomic E-state index is 12.3. The van der Waals surface area contributed by atoms with E-state index in [2.05, 4.69) is 15.3 Å². The van der Waals surface area contributed by atoms with Gasteiger partial charge in [0, 0.05) is 18.2 Å². The van der Waals surface area contributed by atoms with Crippen molar-refractivity contribution < 1.29 is 14.7 Å². The molecule has 2 amide bonds. The van der Waals surface area contributed by atoms with Gasteiger partial charge in [0.05, 0.1) is 24.3 Å². The van der Waals surface area contributed by atoms with Crippen molar-refractivity contribution in [3.05, 3.63) is 17.7 Å².